The first kappa shape index (κ1) is 15.4. The van der Waals surface area contributed by atoms with Crippen LogP contribution in [0.3, 0.4) is 0 Å². The quantitative estimate of drug-likeness (QED) is 0.716. The van der Waals surface area contributed by atoms with Crippen LogP contribution in [0.25, 0.3) is 0 Å². The molecule has 1 rings (SSSR count). The predicted octanol–water partition coefficient (Wildman–Crippen LogP) is 0.230. The minimum atomic E-state index is -0.384. The highest BCUT2D eigenvalue weighted by Gasteiger charge is 2.22. The van der Waals surface area contributed by atoms with Crippen molar-refractivity contribution in [1.29, 1.82) is 0 Å². The number of aliphatic hydroxyl groups excluding tert-OH is 1. The zero-order chi connectivity index (χ0) is 13.5. The van der Waals surface area contributed by atoms with E-state index >= 15 is 0 Å². The van der Waals surface area contributed by atoms with Gasteiger partial charge in [-0.3, -0.25) is 4.79 Å². The number of nitrogens with zero attached hydrogens (tertiary/aromatic N) is 1. The maximum atomic E-state index is 12.1. The minimum absolute atomic E-state index is 0.0926. The summed E-state index contributed by atoms with van der Waals surface area (Å²) in [6.45, 7) is 9.04. The molecule has 1 aliphatic rings. The molecule has 2 atom stereocenters. The Kier molecular flexibility index (Phi) is 6.60. The summed E-state index contributed by atoms with van der Waals surface area (Å²) in [5, 5.41) is 12.9. The van der Waals surface area contributed by atoms with Crippen LogP contribution in [-0.2, 0) is 9.53 Å². The number of morpholine rings is 1. The fourth-order valence-corrected chi connectivity index (χ4v) is 2.09. The second-order valence-corrected chi connectivity index (χ2v) is 5.35. The Morgan fingerprint density at radius 1 is 1.33 bits per heavy atom. The number of carbonyl (C=O) groups is 1. The Morgan fingerprint density at radius 2 is 1.94 bits per heavy atom. The number of nitrogens with one attached hydrogen (secondary N) is 1. The molecule has 5 heteroatoms. The average molecular weight is 258 g/mol. The molecule has 0 aromatic carbocycles. The molecule has 0 saturated carbocycles. The highest BCUT2D eigenvalue weighted by atomic mass is 16.5. The lowest BCUT2D eigenvalue weighted by molar-refractivity contribution is -0.137. The normalized spacial score (nSPS) is 19.9. The van der Waals surface area contributed by atoms with E-state index in [1.807, 2.05) is 11.8 Å². The van der Waals surface area contributed by atoms with Crippen molar-refractivity contribution in [2.75, 3.05) is 32.8 Å². The van der Waals surface area contributed by atoms with E-state index in [2.05, 4.69) is 19.2 Å². The molecule has 1 saturated heterocycles. The molecule has 0 spiro atoms. The number of amides is 1. The van der Waals surface area contributed by atoms with Crippen LogP contribution in [0.2, 0.25) is 0 Å². The standard InChI is InChI=1S/C13H26N2O3/c1-10(2)8-12(16)9-14-11(3)13(17)15-4-6-18-7-5-15/h10-12,14,16H,4-9H2,1-3H3. The van der Waals surface area contributed by atoms with E-state index in [-0.39, 0.29) is 18.1 Å². The summed E-state index contributed by atoms with van der Waals surface area (Å²) in [5.41, 5.74) is 0. The van der Waals surface area contributed by atoms with Gasteiger partial charge in [0.1, 0.15) is 0 Å². The zero-order valence-corrected chi connectivity index (χ0v) is 11.7. The highest BCUT2D eigenvalue weighted by molar-refractivity contribution is 5.81. The van der Waals surface area contributed by atoms with Crippen LogP contribution >= 0.6 is 0 Å². The van der Waals surface area contributed by atoms with E-state index in [1.165, 1.54) is 0 Å². The smallest absolute Gasteiger partial charge is 0.239 e. The predicted molar refractivity (Wildman–Crippen MR) is 70.3 cm³/mol. The Morgan fingerprint density at radius 3 is 2.50 bits per heavy atom. The fraction of sp³-hybridized carbons (Fsp3) is 0.923. The molecular weight excluding hydrogens is 232 g/mol. The molecule has 18 heavy (non-hydrogen) atoms. The lowest BCUT2D eigenvalue weighted by Crippen LogP contribution is -2.50. The highest BCUT2D eigenvalue weighted by Crippen LogP contribution is 2.04. The van der Waals surface area contributed by atoms with Crippen LogP contribution in [0.4, 0.5) is 0 Å². The molecule has 2 unspecified atom stereocenters. The Hall–Kier alpha value is -0.650. The third-order valence-corrected chi connectivity index (χ3v) is 3.10. The number of aliphatic hydroxyl groups is 1. The van der Waals surface area contributed by atoms with E-state index in [4.69, 9.17) is 4.74 Å². The molecule has 0 radical (unpaired) electrons. The van der Waals surface area contributed by atoms with Gasteiger partial charge in [-0.15, -0.1) is 0 Å². The molecule has 1 aliphatic heterocycles. The molecule has 1 heterocycles. The van der Waals surface area contributed by atoms with E-state index in [9.17, 15) is 9.90 Å². The topological polar surface area (TPSA) is 61.8 Å². The van der Waals surface area contributed by atoms with Crippen LogP contribution in [0.5, 0.6) is 0 Å². The zero-order valence-electron chi connectivity index (χ0n) is 11.7. The molecule has 0 bridgehead atoms. The van der Waals surface area contributed by atoms with E-state index < -0.39 is 0 Å². The maximum absolute atomic E-state index is 12.1. The van der Waals surface area contributed by atoms with Gasteiger partial charge in [-0.2, -0.15) is 0 Å². The van der Waals surface area contributed by atoms with E-state index in [1.54, 1.807) is 0 Å². The summed E-state index contributed by atoms with van der Waals surface area (Å²) in [7, 11) is 0. The van der Waals surface area contributed by atoms with Gasteiger partial charge in [0.2, 0.25) is 5.91 Å². The van der Waals surface area contributed by atoms with Crippen molar-refractivity contribution in [3.05, 3.63) is 0 Å². The Bertz CT molecular complexity index is 253. The van der Waals surface area contributed by atoms with Gasteiger partial charge in [0.15, 0.2) is 0 Å². The number of ether oxygens (including phenoxy) is 1. The minimum Gasteiger partial charge on any atom is -0.392 e. The van der Waals surface area contributed by atoms with E-state index in [0.717, 1.165) is 6.42 Å². The van der Waals surface area contributed by atoms with Gasteiger partial charge in [0, 0.05) is 19.6 Å². The van der Waals surface area contributed by atoms with Gasteiger partial charge >= 0.3 is 0 Å². The van der Waals surface area contributed by atoms with Crippen molar-refractivity contribution in [3.63, 3.8) is 0 Å². The van der Waals surface area contributed by atoms with Gasteiger partial charge in [-0.1, -0.05) is 13.8 Å². The second kappa shape index (κ2) is 7.71. The first-order chi connectivity index (χ1) is 8.50. The Labute approximate surface area is 109 Å². The summed E-state index contributed by atoms with van der Waals surface area (Å²) < 4.78 is 5.22. The number of hydrogen-bond donors (Lipinski definition) is 2. The van der Waals surface area contributed by atoms with Gasteiger partial charge in [0.25, 0.3) is 0 Å². The Balaban J connectivity index is 2.26. The van der Waals surface area contributed by atoms with Crippen LogP contribution in [-0.4, -0.2) is 60.9 Å². The monoisotopic (exact) mass is 258 g/mol. The lowest BCUT2D eigenvalue weighted by atomic mass is 10.1. The average Bonchev–Trinajstić information content (AvgIpc) is 2.35. The van der Waals surface area contributed by atoms with Gasteiger partial charge in [0.05, 0.1) is 25.4 Å². The van der Waals surface area contributed by atoms with Crippen molar-refractivity contribution in [2.24, 2.45) is 5.92 Å². The third-order valence-electron chi connectivity index (χ3n) is 3.10. The van der Waals surface area contributed by atoms with Crippen LogP contribution in [0, 0.1) is 5.92 Å². The van der Waals surface area contributed by atoms with E-state index in [0.29, 0.717) is 38.8 Å². The summed E-state index contributed by atoms with van der Waals surface area (Å²) in [5.74, 6) is 0.557. The van der Waals surface area contributed by atoms with Crippen molar-refractivity contribution in [3.8, 4) is 0 Å². The summed E-state index contributed by atoms with van der Waals surface area (Å²) in [4.78, 5) is 13.9. The molecule has 0 aromatic heterocycles. The lowest BCUT2D eigenvalue weighted by Gasteiger charge is -2.30. The van der Waals surface area contributed by atoms with Crippen molar-refractivity contribution >= 4 is 5.91 Å². The van der Waals surface area contributed by atoms with Crippen molar-refractivity contribution in [1.82, 2.24) is 10.2 Å². The molecule has 106 valence electrons. The number of hydrogen-bond acceptors (Lipinski definition) is 4. The van der Waals surface area contributed by atoms with Crippen LogP contribution in [0.1, 0.15) is 27.2 Å². The molecule has 1 amide bonds. The molecule has 5 nitrogen and oxygen atoms in total. The summed E-state index contributed by atoms with van der Waals surface area (Å²) >= 11 is 0. The van der Waals surface area contributed by atoms with Gasteiger partial charge in [-0.05, 0) is 19.3 Å². The molecule has 0 aromatic rings. The summed E-state index contributed by atoms with van der Waals surface area (Å²) in [6, 6.07) is -0.245. The van der Waals surface area contributed by atoms with Crippen LogP contribution in [0.15, 0.2) is 0 Å². The van der Waals surface area contributed by atoms with Crippen molar-refractivity contribution < 1.29 is 14.6 Å². The first-order valence-corrected chi connectivity index (χ1v) is 6.78. The molecule has 0 aliphatic carbocycles. The van der Waals surface area contributed by atoms with Gasteiger partial charge in [-0.25, -0.2) is 0 Å². The molecule has 2 N–H and O–H groups in total. The number of rotatable bonds is 6. The third kappa shape index (κ3) is 5.33. The summed E-state index contributed by atoms with van der Waals surface area (Å²) in [6.07, 6.45) is 0.371. The number of carbonyl (C=O) groups excluding carboxylic acids is 1. The first-order valence-electron chi connectivity index (χ1n) is 6.78. The fourth-order valence-electron chi connectivity index (χ4n) is 2.09. The molecule has 1 fully saturated rings. The largest absolute Gasteiger partial charge is 0.392 e. The maximum Gasteiger partial charge on any atom is 0.239 e. The second-order valence-electron chi connectivity index (χ2n) is 5.35. The van der Waals surface area contributed by atoms with Crippen LogP contribution < -0.4 is 5.32 Å². The SMILES string of the molecule is CC(C)CC(O)CNC(C)C(=O)N1CCOCC1. The molecular formula is C13H26N2O3. The van der Waals surface area contributed by atoms with Gasteiger partial charge < -0.3 is 20.1 Å². The van der Waals surface area contributed by atoms with Crippen molar-refractivity contribution in [2.45, 2.75) is 39.3 Å².